The minimum Gasteiger partial charge on any atom is -0.491 e. The Kier molecular flexibility index (Phi) is 4.86. The Morgan fingerprint density at radius 1 is 1.06 bits per heavy atom. The molecule has 0 N–H and O–H groups in total. The van der Waals surface area contributed by atoms with Crippen molar-refractivity contribution in [2.75, 3.05) is 32.0 Å². The lowest BCUT2D eigenvalue weighted by atomic mass is 9.74. The number of benzene rings is 2. The number of carbonyl (C=O) groups excluding carboxylic acids is 1. The molecule has 34 heavy (non-hydrogen) atoms. The van der Waals surface area contributed by atoms with Crippen LogP contribution in [-0.4, -0.2) is 37.9 Å². The molecule has 1 amide bonds. The van der Waals surface area contributed by atoms with Gasteiger partial charge in [0.1, 0.15) is 17.8 Å². The first-order valence-electron chi connectivity index (χ1n) is 11.7. The van der Waals surface area contributed by atoms with Crippen LogP contribution in [0.2, 0.25) is 0 Å². The maximum atomic E-state index is 14.3. The second kappa shape index (κ2) is 7.94. The van der Waals surface area contributed by atoms with E-state index in [0.29, 0.717) is 29.7 Å². The normalized spacial score (nSPS) is 19.4. The number of pyridine rings is 1. The van der Waals surface area contributed by atoms with Crippen molar-refractivity contribution < 1.29 is 23.7 Å². The molecule has 4 heterocycles. The summed E-state index contributed by atoms with van der Waals surface area (Å²) in [6.45, 7) is 3.24. The molecule has 1 atom stereocenters. The fourth-order valence-corrected chi connectivity index (χ4v) is 5.33. The molecule has 3 aliphatic rings. The van der Waals surface area contributed by atoms with Crippen LogP contribution in [0.1, 0.15) is 37.3 Å². The number of hydrogen-bond acceptors (Lipinski definition) is 6. The Labute approximate surface area is 198 Å². The summed E-state index contributed by atoms with van der Waals surface area (Å²) >= 11 is 0. The Balaban J connectivity index is 1.56. The third-order valence-electron chi connectivity index (χ3n) is 6.99. The molecule has 0 fully saturated rings. The Morgan fingerprint density at radius 3 is 2.68 bits per heavy atom. The van der Waals surface area contributed by atoms with Gasteiger partial charge in [0.15, 0.2) is 11.5 Å². The number of anilines is 1. The van der Waals surface area contributed by atoms with Gasteiger partial charge >= 0.3 is 0 Å². The first kappa shape index (κ1) is 20.8. The summed E-state index contributed by atoms with van der Waals surface area (Å²) in [5, 5.41) is 0. The summed E-state index contributed by atoms with van der Waals surface area (Å²) in [5.41, 5.74) is 3.66. The number of nitrogens with zero attached hydrogens (tertiary/aromatic N) is 2. The highest BCUT2D eigenvalue weighted by Gasteiger charge is 2.58. The fourth-order valence-electron chi connectivity index (χ4n) is 5.33. The lowest BCUT2D eigenvalue weighted by Crippen LogP contribution is -2.43. The molecule has 1 spiro atoms. The van der Waals surface area contributed by atoms with Crippen LogP contribution in [0.15, 0.2) is 48.7 Å². The summed E-state index contributed by atoms with van der Waals surface area (Å²) in [7, 11) is 1.60. The number of ether oxygens (including phenoxy) is 4. The third kappa shape index (κ3) is 2.89. The van der Waals surface area contributed by atoms with Gasteiger partial charge in [-0.2, -0.15) is 0 Å². The fraction of sp³-hybridized carbons (Fsp3) is 0.333. The molecule has 1 aromatic heterocycles. The van der Waals surface area contributed by atoms with Gasteiger partial charge in [0, 0.05) is 47.3 Å². The van der Waals surface area contributed by atoms with Crippen LogP contribution in [0.5, 0.6) is 23.1 Å². The molecule has 1 unspecified atom stereocenters. The number of amides is 1. The van der Waals surface area contributed by atoms with Gasteiger partial charge in [-0.3, -0.25) is 4.79 Å². The average molecular weight is 459 g/mol. The van der Waals surface area contributed by atoms with Gasteiger partial charge in [-0.25, -0.2) is 4.98 Å². The predicted octanol–water partition coefficient (Wildman–Crippen LogP) is 4.70. The molecule has 0 radical (unpaired) electrons. The SMILES string of the molecule is CCCCCN1C(=O)C2(COc3cc4c(cc32)OCO4)c2c(-c3ccc(OC)nc3)cccc21. The van der Waals surface area contributed by atoms with Crippen LogP contribution in [0, 0.1) is 0 Å². The van der Waals surface area contributed by atoms with Crippen LogP contribution >= 0.6 is 0 Å². The van der Waals surface area contributed by atoms with Crippen molar-refractivity contribution in [3.05, 3.63) is 59.8 Å². The standard InChI is InChI=1S/C27H26N2O5/c1-3-4-5-11-29-20-8-6-7-18(17-9-10-24(31-2)28-14-17)25(20)27(26(29)30)15-32-21-13-23-22(12-19(21)27)33-16-34-23/h6-10,12-14H,3-5,11,15-16H2,1-2H3. The van der Waals surface area contributed by atoms with E-state index in [-0.39, 0.29) is 19.3 Å². The largest absolute Gasteiger partial charge is 0.491 e. The van der Waals surface area contributed by atoms with Gasteiger partial charge in [0.05, 0.1) is 7.11 Å². The number of methoxy groups -OCH3 is 1. The van der Waals surface area contributed by atoms with E-state index in [0.717, 1.165) is 47.2 Å². The van der Waals surface area contributed by atoms with E-state index >= 15 is 0 Å². The first-order valence-corrected chi connectivity index (χ1v) is 11.7. The van der Waals surface area contributed by atoms with E-state index in [1.807, 2.05) is 41.3 Å². The molecule has 3 aliphatic heterocycles. The molecule has 0 saturated heterocycles. The zero-order valence-electron chi connectivity index (χ0n) is 19.3. The van der Waals surface area contributed by atoms with Crippen molar-refractivity contribution in [2.24, 2.45) is 0 Å². The number of aromatic nitrogens is 1. The van der Waals surface area contributed by atoms with Crippen LogP contribution in [-0.2, 0) is 10.2 Å². The predicted molar refractivity (Wildman–Crippen MR) is 127 cm³/mol. The second-order valence-electron chi connectivity index (χ2n) is 8.85. The molecule has 6 rings (SSSR count). The topological polar surface area (TPSA) is 70.1 Å². The summed E-state index contributed by atoms with van der Waals surface area (Å²) < 4.78 is 22.6. The van der Waals surface area contributed by atoms with Gasteiger partial charge < -0.3 is 23.8 Å². The Morgan fingerprint density at radius 2 is 1.91 bits per heavy atom. The van der Waals surface area contributed by atoms with Gasteiger partial charge in [-0.05, 0) is 30.2 Å². The Bertz CT molecular complexity index is 1270. The van der Waals surface area contributed by atoms with Crippen LogP contribution in [0.25, 0.3) is 11.1 Å². The van der Waals surface area contributed by atoms with Crippen molar-refractivity contribution in [3.63, 3.8) is 0 Å². The number of rotatable bonds is 6. The summed E-state index contributed by atoms with van der Waals surface area (Å²) in [4.78, 5) is 20.6. The first-order chi connectivity index (χ1) is 16.7. The van der Waals surface area contributed by atoms with E-state index < -0.39 is 5.41 Å². The van der Waals surface area contributed by atoms with Gasteiger partial charge in [0.25, 0.3) is 0 Å². The molecule has 7 heteroatoms. The second-order valence-corrected chi connectivity index (χ2v) is 8.85. The quantitative estimate of drug-likeness (QED) is 0.499. The Hall–Kier alpha value is -3.74. The van der Waals surface area contributed by atoms with Crippen molar-refractivity contribution >= 4 is 11.6 Å². The van der Waals surface area contributed by atoms with E-state index in [1.165, 1.54) is 0 Å². The van der Waals surface area contributed by atoms with E-state index in [4.69, 9.17) is 18.9 Å². The monoisotopic (exact) mass is 458 g/mol. The molecule has 174 valence electrons. The lowest BCUT2D eigenvalue weighted by Gasteiger charge is -2.24. The molecule has 3 aromatic rings. The molecule has 7 nitrogen and oxygen atoms in total. The number of fused-ring (bicyclic) bond motifs is 5. The molecular weight excluding hydrogens is 432 g/mol. The van der Waals surface area contributed by atoms with E-state index in [2.05, 4.69) is 18.0 Å². The average Bonchev–Trinajstić information content (AvgIpc) is 3.55. The maximum Gasteiger partial charge on any atom is 0.245 e. The highest BCUT2D eigenvalue weighted by Crippen LogP contribution is 2.57. The third-order valence-corrected chi connectivity index (χ3v) is 6.99. The van der Waals surface area contributed by atoms with Gasteiger partial charge in [0.2, 0.25) is 18.6 Å². The van der Waals surface area contributed by atoms with Crippen molar-refractivity contribution in [3.8, 4) is 34.3 Å². The van der Waals surface area contributed by atoms with Crippen molar-refractivity contribution in [2.45, 2.75) is 31.6 Å². The van der Waals surface area contributed by atoms with E-state index in [1.54, 1.807) is 13.3 Å². The molecule has 0 aliphatic carbocycles. The van der Waals surface area contributed by atoms with Gasteiger partial charge in [-0.1, -0.05) is 31.9 Å². The van der Waals surface area contributed by atoms with Crippen LogP contribution in [0.3, 0.4) is 0 Å². The van der Waals surface area contributed by atoms with Crippen molar-refractivity contribution in [1.29, 1.82) is 0 Å². The number of hydrogen-bond donors (Lipinski definition) is 0. The number of unbranched alkanes of at least 4 members (excludes halogenated alkanes) is 2. The highest BCUT2D eigenvalue weighted by molar-refractivity contribution is 6.13. The summed E-state index contributed by atoms with van der Waals surface area (Å²) in [5.74, 6) is 2.55. The summed E-state index contributed by atoms with van der Waals surface area (Å²) in [6.07, 6.45) is 4.90. The minimum absolute atomic E-state index is 0.0464. The zero-order valence-corrected chi connectivity index (χ0v) is 19.3. The van der Waals surface area contributed by atoms with Crippen LogP contribution in [0.4, 0.5) is 5.69 Å². The van der Waals surface area contributed by atoms with Gasteiger partial charge in [-0.15, -0.1) is 0 Å². The zero-order chi connectivity index (χ0) is 23.3. The minimum atomic E-state index is -0.950. The van der Waals surface area contributed by atoms with E-state index in [9.17, 15) is 4.79 Å². The molecule has 2 aromatic carbocycles. The summed E-state index contributed by atoms with van der Waals surface area (Å²) in [6, 6.07) is 13.7. The van der Waals surface area contributed by atoms with Crippen molar-refractivity contribution in [1.82, 2.24) is 4.98 Å². The van der Waals surface area contributed by atoms with Crippen LogP contribution < -0.4 is 23.8 Å². The molecule has 0 bridgehead atoms. The smallest absolute Gasteiger partial charge is 0.245 e. The molecule has 0 saturated carbocycles. The molecular formula is C27H26N2O5. The number of carbonyl (C=O) groups is 1. The highest BCUT2D eigenvalue weighted by atomic mass is 16.7. The lowest BCUT2D eigenvalue weighted by molar-refractivity contribution is -0.122. The maximum absolute atomic E-state index is 14.3.